The number of nitrogens with one attached hydrogen (secondary N) is 2. The number of aromatic nitrogens is 3. The Balaban J connectivity index is 1.49. The van der Waals surface area contributed by atoms with E-state index in [4.69, 9.17) is 17.3 Å². The van der Waals surface area contributed by atoms with Gasteiger partial charge >= 0.3 is 0 Å². The highest BCUT2D eigenvalue weighted by molar-refractivity contribution is 7.80. The van der Waals surface area contributed by atoms with Gasteiger partial charge in [0.2, 0.25) is 5.95 Å². The maximum atomic E-state index is 9.03. The van der Waals surface area contributed by atoms with E-state index in [2.05, 4.69) is 55.3 Å². The lowest BCUT2D eigenvalue weighted by Gasteiger charge is -2.45. The Morgan fingerprint density at radius 2 is 2.03 bits per heavy atom. The number of anilines is 3. The van der Waals surface area contributed by atoms with Gasteiger partial charge in [0.25, 0.3) is 0 Å². The van der Waals surface area contributed by atoms with Gasteiger partial charge in [0, 0.05) is 49.6 Å². The molecule has 1 aliphatic rings. The predicted octanol–water partition coefficient (Wildman–Crippen LogP) is 2.97. The van der Waals surface area contributed by atoms with Crippen molar-refractivity contribution >= 4 is 45.7 Å². The maximum absolute atomic E-state index is 9.03. The zero-order valence-electron chi connectivity index (χ0n) is 18.4. The minimum absolute atomic E-state index is 0.0406. The number of fused-ring (bicyclic) bond motifs is 1. The third kappa shape index (κ3) is 4.89. The molecule has 0 amide bonds. The minimum Gasteiger partial charge on any atom is -0.395 e. The third-order valence-electron chi connectivity index (χ3n) is 5.70. The van der Waals surface area contributed by atoms with Crippen molar-refractivity contribution in [3.8, 4) is 0 Å². The van der Waals surface area contributed by atoms with Gasteiger partial charge in [-0.15, -0.1) is 0 Å². The van der Waals surface area contributed by atoms with E-state index in [-0.39, 0.29) is 12.6 Å². The van der Waals surface area contributed by atoms with Gasteiger partial charge in [0.1, 0.15) is 5.82 Å². The standard InChI is InChI=1S/C23H29N7OS/c1-16(2)20-15-29(21-8-10-25-22(28-21)26-11-14-31)12-13-30(20)23(32)27-19-7-3-6-18-17(19)5-4-9-24-18/h3-10,16,20,31H,11-15H2,1-2H3,(H,27,32)(H,25,26,28). The average molecular weight is 452 g/mol. The van der Waals surface area contributed by atoms with Crippen molar-refractivity contribution in [3.05, 3.63) is 48.8 Å². The number of aliphatic hydroxyl groups is 1. The van der Waals surface area contributed by atoms with E-state index >= 15 is 0 Å². The molecule has 1 saturated heterocycles. The molecule has 9 heteroatoms. The zero-order chi connectivity index (χ0) is 22.5. The van der Waals surface area contributed by atoms with Crippen LogP contribution in [-0.4, -0.2) is 68.9 Å². The third-order valence-corrected chi connectivity index (χ3v) is 6.03. The van der Waals surface area contributed by atoms with Gasteiger partial charge in [-0.1, -0.05) is 19.9 Å². The van der Waals surface area contributed by atoms with Crippen molar-refractivity contribution in [3.63, 3.8) is 0 Å². The molecular formula is C23H29N7OS. The van der Waals surface area contributed by atoms with Crippen LogP contribution in [0.3, 0.4) is 0 Å². The fraction of sp³-hybridized carbons (Fsp3) is 0.391. The smallest absolute Gasteiger partial charge is 0.224 e. The Hall–Kier alpha value is -3.04. The fourth-order valence-corrected chi connectivity index (χ4v) is 4.36. The molecule has 1 aliphatic heterocycles. The first-order valence-corrected chi connectivity index (χ1v) is 11.3. The van der Waals surface area contributed by atoms with Gasteiger partial charge < -0.3 is 25.5 Å². The molecular weight excluding hydrogens is 422 g/mol. The summed E-state index contributed by atoms with van der Waals surface area (Å²) in [6, 6.07) is 12.2. The summed E-state index contributed by atoms with van der Waals surface area (Å²) < 4.78 is 0. The lowest BCUT2D eigenvalue weighted by atomic mass is 10.00. The van der Waals surface area contributed by atoms with E-state index in [0.29, 0.717) is 18.4 Å². The Kier molecular flexibility index (Phi) is 6.96. The van der Waals surface area contributed by atoms with Crippen LogP contribution in [0.25, 0.3) is 10.9 Å². The Morgan fingerprint density at radius 1 is 1.16 bits per heavy atom. The van der Waals surface area contributed by atoms with Crippen LogP contribution < -0.4 is 15.5 Å². The summed E-state index contributed by atoms with van der Waals surface area (Å²) in [5.74, 6) is 1.81. The lowest BCUT2D eigenvalue weighted by molar-refractivity contribution is 0.227. The summed E-state index contributed by atoms with van der Waals surface area (Å²) >= 11 is 5.86. The van der Waals surface area contributed by atoms with E-state index in [1.165, 1.54) is 0 Å². The highest BCUT2D eigenvalue weighted by atomic mass is 32.1. The number of aliphatic hydroxyl groups excluding tert-OH is 1. The molecule has 2 aromatic heterocycles. The molecule has 3 aromatic rings. The molecule has 8 nitrogen and oxygen atoms in total. The molecule has 3 N–H and O–H groups in total. The van der Waals surface area contributed by atoms with Gasteiger partial charge in [-0.3, -0.25) is 4.98 Å². The van der Waals surface area contributed by atoms with Crippen molar-refractivity contribution in [1.82, 2.24) is 19.9 Å². The highest BCUT2D eigenvalue weighted by Crippen LogP contribution is 2.25. The van der Waals surface area contributed by atoms with Crippen LogP contribution in [0.5, 0.6) is 0 Å². The second-order valence-corrected chi connectivity index (χ2v) is 8.53. The number of pyridine rings is 1. The van der Waals surface area contributed by atoms with Crippen molar-refractivity contribution in [1.29, 1.82) is 0 Å². The van der Waals surface area contributed by atoms with Crippen LogP contribution in [-0.2, 0) is 0 Å². The summed E-state index contributed by atoms with van der Waals surface area (Å²) in [6.07, 6.45) is 3.55. The van der Waals surface area contributed by atoms with Crippen LogP contribution in [0.1, 0.15) is 13.8 Å². The molecule has 1 unspecified atom stereocenters. The number of nitrogens with zero attached hydrogens (tertiary/aromatic N) is 5. The first-order valence-electron chi connectivity index (χ1n) is 10.9. The maximum Gasteiger partial charge on any atom is 0.224 e. The Bertz CT molecular complexity index is 1070. The van der Waals surface area contributed by atoms with Gasteiger partial charge in [0.05, 0.1) is 18.2 Å². The van der Waals surface area contributed by atoms with Gasteiger partial charge in [-0.25, -0.2) is 4.98 Å². The van der Waals surface area contributed by atoms with Crippen molar-refractivity contribution in [2.45, 2.75) is 19.9 Å². The topological polar surface area (TPSA) is 89.4 Å². The number of rotatable bonds is 6. The predicted molar refractivity (Wildman–Crippen MR) is 133 cm³/mol. The van der Waals surface area contributed by atoms with E-state index in [9.17, 15) is 0 Å². The van der Waals surface area contributed by atoms with Crippen molar-refractivity contribution < 1.29 is 5.11 Å². The molecule has 0 spiro atoms. The van der Waals surface area contributed by atoms with Gasteiger partial charge in [-0.05, 0) is 48.5 Å². The Labute approximate surface area is 193 Å². The average Bonchev–Trinajstić information content (AvgIpc) is 2.82. The molecule has 1 atom stereocenters. The Morgan fingerprint density at radius 3 is 2.84 bits per heavy atom. The number of thiocarbonyl (C=S) groups is 1. The first kappa shape index (κ1) is 22.2. The summed E-state index contributed by atoms with van der Waals surface area (Å²) in [5, 5.41) is 17.3. The number of hydrogen-bond acceptors (Lipinski definition) is 7. The number of benzene rings is 1. The molecule has 3 heterocycles. The monoisotopic (exact) mass is 451 g/mol. The molecule has 168 valence electrons. The first-order chi connectivity index (χ1) is 15.6. The molecule has 0 radical (unpaired) electrons. The molecule has 1 fully saturated rings. The molecule has 4 rings (SSSR count). The van der Waals surface area contributed by atoms with Crippen molar-refractivity contribution in [2.24, 2.45) is 5.92 Å². The van der Waals surface area contributed by atoms with E-state index < -0.39 is 0 Å². The summed E-state index contributed by atoms with van der Waals surface area (Å²) in [6.45, 7) is 7.32. The van der Waals surface area contributed by atoms with E-state index in [1.54, 1.807) is 12.4 Å². The molecule has 1 aromatic carbocycles. The van der Waals surface area contributed by atoms with E-state index in [1.807, 2.05) is 30.3 Å². The largest absolute Gasteiger partial charge is 0.395 e. The fourth-order valence-electron chi connectivity index (χ4n) is 4.02. The minimum atomic E-state index is 0.0406. The van der Waals surface area contributed by atoms with Crippen molar-refractivity contribution in [2.75, 3.05) is 48.3 Å². The second kappa shape index (κ2) is 10.1. The highest BCUT2D eigenvalue weighted by Gasteiger charge is 2.31. The second-order valence-electron chi connectivity index (χ2n) is 8.15. The summed E-state index contributed by atoms with van der Waals surface area (Å²) in [5.41, 5.74) is 1.92. The van der Waals surface area contributed by atoms with Gasteiger partial charge in [-0.2, -0.15) is 4.98 Å². The SMILES string of the molecule is CC(C)C1CN(c2ccnc(NCCO)n2)CCN1C(=S)Nc1cccc2ncccc12. The molecule has 0 bridgehead atoms. The quantitative estimate of drug-likeness (QED) is 0.489. The number of piperazine rings is 1. The zero-order valence-corrected chi connectivity index (χ0v) is 19.2. The summed E-state index contributed by atoms with van der Waals surface area (Å²) in [7, 11) is 0. The van der Waals surface area contributed by atoms with Crippen LogP contribution in [0.2, 0.25) is 0 Å². The number of hydrogen-bond donors (Lipinski definition) is 3. The van der Waals surface area contributed by atoms with Crippen LogP contribution in [0, 0.1) is 5.92 Å². The molecule has 32 heavy (non-hydrogen) atoms. The van der Waals surface area contributed by atoms with Crippen LogP contribution >= 0.6 is 12.2 Å². The van der Waals surface area contributed by atoms with Gasteiger partial charge in [0.15, 0.2) is 5.11 Å². The normalized spacial score (nSPS) is 16.4. The molecule has 0 saturated carbocycles. The van der Waals surface area contributed by atoms with Crippen LogP contribution in [0.4, 0.5) is 17.5 Å². The summed E-state index contributed by atoms with van der Waals surface area (Å²) in [4.78, 5) is 17.9. The van der Waals surface area contributed by atoms with E-state index in [0.717, 1.165) is 47.2 Å². The molecule has 0 aliphatic carbocycles. The lowest BCUT2D eigenvalue weighted by Crippen LogP contribution is -2.58. The van der Waals surface area contributed by atoms with Crippen LogP contribution in [0.15, 0.2) is 48.8 Å².